The molecule has 2 heterocycles. The normalized spacial score (nSPS) is 32.0. The number of aliphatic hydroxyl groups excluding tert-OH is 1. The first-order valence-corrected chi connectivity index (χ1v) is 6.77. The molecule has 0 aliphatic carbocycles. The van der Waals surface area contributed by atoms with E-state index in [0.717, 1.165) is 25.0 Å². The molecule has 2 unspecified atom stereocenters. The van der Waals surface area contributed by atoms with Crippen LogP contribution >= 0.6 is 11.8 Å². The quantitative estimate of drug-likeness (QED) is 0.391. The van der Waals surface area contributed by atoms with Crippen molar-refractivity contribution < 1.29 is 9.90 Å². The van der Waals surface area contributed by atoms with Gasteiger partial charge >= 0.3 is 6.03 Å². The van der Waals surface area contributed by atoms with Gasteiger partial charge in [0.2, 0.25) is 0 Å². The summed E-state index contributed by atoms with van der Waals surface area (Å²) < 4.78 is 0. The van der Waals surface area contributed by atoms with Crippen LogP contribution in [0.5, 0.6) is 0 Å². The molecular formula is C11H18N2O2S. The highest BCUT2D eigenvalue weighted by Gasteiger charge is 2.42. The summed E-state index contributed by atoms with van der Waals surface area (Å²) in [6, 6.07) is 0.592. The summed E-state index contributed by atoms with van der Waals surface area (Å²) in [6.45, 7) is 3.47. The predicted molar refractivity (Wildman–Crippen MR) is 65.7 cm³/mol. The van der Waals surface area contributed by atoms with E-state index >= 15 is 0 Å². The summed E-state index contributed by atoms with van der Waals surface area (Å²) in [7, 11) is 0. The largest absolute Gasteiger partial charge is 0.513 e. The number of nitrogens with one attached hydrogen (secondary N) is 2. The minimum Gasteiger partial charge on any atom is -0.513 e. The summed E-state index contributed by atoms with van der Waals surface area (Å²) in [5, 5.41) is 15.4. The number of carbonyl (C=O) groups is 1. The van der Waals surface area contributed by atoms with Crippen LogP contribution in [0.1, 0.15) is 25.7 Å². The predicted octanol–water partition coefficient (Wildman–Crippen LogP) is 1.78. The minimum atomic E-state index is -0.0240. The van der Waals surface area contributed by atoms with Crippen molar-refractivity contribution in [1.82, 2.24) is 10.6 Å². The number of aliphatic hydroxyl groups is 1. The van der Waals surface area contributed by atoms with Gasteiger partial charge in [-0.15, -0.1) is 0 Å². The maximum absolute atomic E-state index is 11.1. The Morgan fingerprint density at radius 3 is 3.06 bits per heavy atom. The summed E-state index contributed by atoms with van der Waals surface area (Å²) in [6.07, 6.45) is 3.85. The van der Waals surface area contributed by atoms with E-state index in [4.69, 9.17) is 5.11 Å². The fraction of sp³-hybridized carbons (Fsp3) is 0.727. The van der Waals surface area contributed by atoms with E-state index < -0.39 is 0 Å². The van der Waals surface area contributed by atoms with Gasteiger partial charge in [0.25, 0.3) is 0 Å². The molecule has 16 heavy (non-hydrogen) atoms. The lowest BCUT2D eigenvalue weighted by Crippen LogP contribution is -2.36. The summed E-state index contributed by atoms with van der Waals surface area (Å²) in [5.74, 6) is 1.29. The van der Waals surface area contributed by atoms with Gasteiger partial charge in [-0.2, -0.15) is 11.8 Å². The molecule has 0 bridgehead atoms. The van der Waals surface area contributed by atoms with Crippen LogP contribution in [0.4, 0.5) is 4.79 Å². The van der Waals surface area contributed by atoms with Gasteiger partial charge in [0.15, 0.2) is 0 Å². The summed E-state index contributed by atoms with van der Waals surface area (Å²) in [4.78, 5) is 11.1. The zero-order chi connectivity index (χ0) is 11.5. The Bertz CT molecular complexity index is 296. The molecule has 0 saturated carbocycles. The van der Waals surface area contributed by atoms with E-state index in [1.807, 2.05) is 11.8 Å². The second-order valence-electron chi connectivity index (χ2n) is 4.43. The average molecular weight is 242 g/mol. The zero-order valence-corrected chi connectivity index (χ0v) is 10.1. The number of amides is 2. The van der Waals surface area contributed by atoms with Crippen molar-refractivity contribution in [2.24, 2.45) is 0 Å². The van der Waals surface area contributed by atoms with Crippen molar-refractivity contribution in [2.45, 2.75) is 43.0 Å². The number of urea groups is 1. The molecule has 2 rings (SSSR count). The van der Waals surface area contributed by atoms with Crippen molar-refractivity contribution in [3.8, 4) is 0 Å². The molecule has 2 saturated heterocycles. The molecule has 0 radical (unpaired) electrons. The molecular weight excluding hydrogens is 224 g/mol. The molecule has 0 aromatic rings. The van der Waals surface area contributed by atoms with E-state index in [2.05, 4.69) is 17.2 Å². The Labute approximate surface area is 99.9 Å². The van der Waals surface area contributed by atoms with Crippen molar-refractivity contribution in [1.29, 1.82) is 0 Å². The van der Waals surface area contributed by atoms with Crippen molar-refractivity contribution in [3.05, 3.63) is 12.3 Å². The maximum Gasteiger partial charge on any atom is 0.315 e. The fourth-order valence-corrected chi connectivity index (χ4v) is 3.86. The lowest BCUT2D eigenvalue weighted by Gasteiger charge is -2.16. The number of hydrogen-bond donors (Lipinski definition) is 3. The van der Waals surface area contributed by atoms with Gasteiger partial charge in [-0.3, -0.25) is 0 Å². The van der Waals surface area contributed by atoms with E-state index in [-0.39, 0.29) is 11.8 Å². The van der Waals surface area contributed by atoms with Crippen LogP contribution in [0.25, 0.3) is 0 Å². The van der Waals surface area contributed by atoms with Crippen molar-refractivity contribution in [2.75, 3.05) is 5.75 Å². The number of rotatable bonds is 5. The number of unbranched alkanes of at least 4 members (excludes halogenated alkanes) is 1. The standard InChI is InChI=1S/C11H18N2O2S/c1-7(14)4-2-3-5-9-10-8(6-16-9)12-11(15)13-10/h8-10,14H,1-6H2,(H2,12,13,15)/t8?,9-,10?/m0/s1. The Hall–Kier alpha value is -0.840. The van der Waals surface area contributed by atoms with E-state index in [1.54, 1.807) is 0 Å². The molecule has 4 nitrogen and oxygen atoms in total. The van der Waals surface area contributed by atoms with Crippen LogP contribution in [0.3, 0.4) is 0 Å². The van der Waals surface area contributed by atoms with Crippen LogP contribution in [-0.4, -0.2) is 34.2 Å². The zero-order valence-electron chi connectivity index (χ0n) is 9.24. The smallest absolute Gasteiger partial charge is 0.315 e. The number of carbonyl (C=O) groups excluding carboxylic acids is 1. The Morgan fingerprint density at radius 2 is 2.31 bits per heavy atom. The van der Waals surface area contributed by atoms with Crippen LogP contribution in [0.15, 0.2) is 12.3 Å². The van der Waals surface area contributed by atoms with Gasteiger partial charge < -0.3 is 15.7 Å². The molecule has 0 spiro atoms. The van der Waals surface area contributed by atoms with Gasteiger partial charge in [0.05, 0.1) is 17.8 Å². The first kappa shape index (κ1) is 11.6. The Kier molecular flexibility index (Phi) is 3.63. The van der Waals surface area contributed by atoms with Crippen molar-refractivity contribution >= 4 is 17.8 Å². The van der Waals surface area contributed by atoms with E-state index in [1.165, 1.54) is 0 Å². The molecule has 5 heteroatoms. The highest BCUT2D eigenvalue weighted by molar-refractivity contribution is 8.00. The summed E-state index contributed by atoms with van der Waals surface area (Å²) in [5.41, 5.74) is 0. The number of hydrogen-bond acceptors (Lipinski definition) is 3. The molecule has 0 aromatic heterocycles. The first-order valence-electron chi connectivity index (χ1n) is 5.72. The lowest BCUT2D eigenvalue weighted by molar-refractivity contribution is 0.247. The molecule has 2 aliphatic rings. The fourth-order valence-electron chi connectivity index (χ4n) is 2.32. The average Bonchev–Trinajstić information content (AvgIpc) is 2.72. The maximum atomic E-state index is 11.1. The van der Waals surface area contributed by atoms with Crippen LogP contribution in [-0.2, 0) is 0 Å². The second-order valence-corrected chi connectivity index (χ2v) is 5.71. The second kappa shape index (κ2) is 4.99. The van der Waals surface area contributed by atoms with Gasteiger partial charge in [0.1, 0.15) is 0 Å². The lowest BCUT2D eigenvalue weighted by atomic mass is 10.0. The van der Waals surface area contributed by atoms with Crippen LogP contribution in [0.2, 0.25) is 0 Å². The molecule has 3 N–H and O–H groups in total. The first-order chi connectivity index (χ1) is 7.66. The SMILES string of the molecule is C=C(O)CCCC[C@@H]1SCC2NC(=O)NC21. The number of thioether (sulfide) groups is 1. The molecule has 2 aliphatic heterocycles. The monoisotopic (exact) mass is 242 g/mol. The molecule has 2 amide bonds. The Balaban J connectivity index is 1.70. The number of fused-ring (bicyclic) bond motifs is 1. The topological polar surface area (TPSA) is 61.4 Å². The molecule has 2 fully saturated rings. The number of allylic oxidation sites excluding steroid dienone is 1. The van der Waals surface area contributed by atoms with Gasteiger partial charge in [-0.25, -0.2) is 4.79 Å². The van der Waals surface area contributed by atoms with Crippen LogP contribution in [0, 0.1) is 0 Å². The third kappa shape index (κ3) is 2.64. The molecule has 90 valence electrons. The highest BCUT2D eigenvalue weighted by Crippen LogP contribution is 2.33. The van der Waals surface area contributed by atoms with Crippen LogP contribution < -0.4 is 10.6 Å². The van der Waals surface area contributed by atoms with Gasteiger partial charge in [0, 0.05) is 17.4 Å². The van der Waals surface area contributed by atoms with E-state index in [0.29, 0.717) is 23.8 Å². The third-order valence-corrected chi connectivity index (χ3v) is 4.65. The minimum absolute atomic E-state index is 0.0240. The molecule has 0 aromatic carbocycles. The van der Waals surface area contributed by atoms with Gasteiger partial charge in [-0.05, 0) is 12.8 Å². The van der Waals surface area contributed by atoms with Gasteiger partial charge in [-0.1, -0.05) is 13.0 Å². The Morgan fingerprint density at radius 1 is 1.50 bits per heavy atom. The molecule has 3 atom stereocenters. The van der Waals surface area contributed by atoms with Crippen molar-refractivity contribution in [3.63, 3.8) is 0 Å². The van der Waals surface area contributed by atoms with E-state index in [9.17, 15) is 4.79 Å². The third-order valence-electron chi connectivity index (χ3n) is 3.14. The highest BCUT2D eigenvalue weighted by atomic mass is 32.2. The summed E-state index contributed by atoms with van der Waals surface area (Å²) >= 11 is 1.93.